The van der Waals surface area contributed by atoms with Gasteiger partial charge in [-0.05, 0) is 73.6 Å². The Kier molecular flexibility index (Phi) is 5.16. The van der Waals surface area contributed by atoms with E-state index in [2.05, 4.69) is 37.0 Å². The van der Waals surface area contributed by atoms with E-state index in [1.165, 1.54) is 18.2 Å². The number of nitrogens with two attached hydrogens (primary N) is 1. The standard InChI is InChI=1S/C20H28N2O/c1-14(2)11-20(21)15-3-6-18(7-4-15)23-19-8-5-17-13-22-10-9-16(17)12-19/h5,8-10,12-15,18,20H,3-4,6-7,11,21H2,1-2H3. The molecular formula is C20H28N2O. The SMILES string of the molecule is CC(C)CC(N)C1CCC(Oc2ccc3cnccc3c2)CC1. The molecule has 1 aromatic heterocycles. The normalized spacial score (nSPS) is 23.1. The fourth-order valence-electron chi connectivity index (χ4n) is 3.70. The molecule has 3 rings (SSSR count). The van der Waals surface area contributed by atoms with Crippen LogP contribution >= 0.6 is 0 Å². The van der Waals surface area contributed by atoms with Gasteiger partial charge in [-0.25, -0.2) is 0 Å². The van der Waals surface area contributed by atoms with E-state index in [1.54, 1.807) is 0 Å². The van der Waals surface area contributed by atoms with Gasteiger partial charge in [-0.2, -0.15) is 0 Å². The zero-order valence-corrected chi connectivity index (χ0v) is 14.2. The zero-order valence-electron chi connectivity index (χ0n) is 14.2. The van der Waals surface area contributed by atoms with Crippen LogP contribution in [0.4, 0.5) is 0 Å². The second kappa shape index (κ2) is 7.31. The Morgan fingerprint density at radius 2 is 1.91 bits per heavy atom. The van der Waals surface area contributed by atoms with E-state index >= 15 is 0 Å². The average molecular weight is 312 g/mol. The predicted molar refractivity (Wildman–Crippen MR) is 95.5 cm³/mol. The molecule has 1 saturated carbocycles. The van der Waals surface area contributed by atoms with Crippen molar-refractivity contribution in [2.45, 2.75) is 58.1 Å². The first-order chi connectivity index (χ1) is 11.1. The van der Waals surface area contributed by atoms with Gasteiger partial charge in [0, 0.05) is 23.8 Å². The van der Waals surface area contributed by atoms with Gasteiger partial charge in [0.1, 0.15) is 5.75 Å². The maximum absolute atomic E-state index is 6.36. The van der Waals surface area contributed by atoms with Crippen LogP contribution in [0.2, 0.25) is 0 Å². The van der Waals surface area contributed by atoms with Gasteiger partial charge < -0.3 is 10.5 Å². The van der Waals surface area contributed by atoms with E-state index in [0.29, 0.717) is 24.0 Å². The lowest BCUT2D eigenvalue weighted by Gasteiger charge is -2.33. The first-order valence-corrected chi connectivity index (χ1v) is 8.88. The third-order valence-corrected chi connectivity index (χ3v) is 4.98. The van der Waals surface area contributed by atoms with Crippen molar-refractivity contribution in [2.75, 3.05) is 0 Å². The van der Waals surface area contributed by atoms with Crippen LogP contribution in [0.15, 0.2) is 36.7 Å². The summed E-state index contributed by atoms with van der Waals surface area (Å²) >= 11 is 0. The molecule has 124 valence electrons. The van der Waals surface area contributed by atoms with Crippen molar-refractivity contribution in [2.24, 2.45) is 17.6 Å². The highest BCUT2D eigenvalue weighted by molar-refractivity contribution is 5.82. The number of hydrogen-bond acceptors (Lipinski definition) is 3. The number of fused-ring (bicyclic) bond motifs is 1. The summed E-state index contributed by atoms with van der Waals surface area (Å²) in [5.74, 6) is 2.32. The van der Waals surface area contributed by atoms with E-state index in [1.807, 2.05) is 18.5 Å². The van der Waals surface area contributed by atoms with Crippen molar-refractivity contribution in [1.29, 1.82) is 0 Å². The topological polar surface area (TPSA) is 48.1 Å². The van der Waals surface area contributed by atoms with E-state index in [0.717, 1.165) is 30.4 Å². The second-order valence-electron chi connectivity index (χ2n) is 7.33. The molecule has 0 spiro atoms. The number of rotatable bonds is 5. The van der Waals surface area contributed by atoms with E-state index < -0.39 is 0 Å². The Balaban J connectivity index is 1.55. The zero-order chi connectivity index (χ0) is 16.2. The summed E-state index contributed by atoms with van der Waals surface area (Å²) in [5.41, 5.74) is 6.36. The van der Waals surface area contributed by atoms with E-state index in [-0.39, 0.29) is 0 Å². The molecule has 0 radical (unpaired) electrons. The molecule has 1 aliphatic carbocycles. The number of aromatic nitrogens is 1. The van der Waals surface area contributed by atoms with Crippen molar-refractivity contribution in [3.05, 3.63) is 36.7 Å². The fourth-order valence-corrected chi connectivity index (χ4v) is 3.70. The molecule has 0 aliphatic heterocycles. The highest BCUT2D eigenvalue weighted by atomic mass is 16.5. The van der Waals surface area contributed by atoms with Crippen molar-refractivity contribution >= 4 is 10.8 Å². The molecule has 0 saturated heterocycles. The van der Waals surface area contributed by atoms with Crippen molar-refractivity contribution in [3.8, 4) is 5.75 Å². The quantitative estimate of drug-likeness (QED) is 0.881. The van der Waals surface area contributed by atoms with Crippen molar-refractivity contribution in [3.63, 3.8) is 0 Å². The summed E-state index contributed by atoms with van der Waals surface area (Å²) in [5, 5.41) is 2.34. The van der Waals surface area contributed by atoms with Crippen LogP contribution < -0.4 is 10.5 Å². The molecule has 1 aliphatic rings. The molecule has 1 unspecified atom stereocenters. The summed E-state index contributed by atoms with van der Waals surface area (Å²) in [7, 11) is 0. The lowest BCUT2D eigenvalue weighted by molar-refractivity contribution is 0.120. The number of ether oxygens (including phenoxy) is 1. The molecule has 1 heterocycles. The number of benzene rings is 1. The minimum absolute atomic E-state index is 0.330. The molecule has 3 heteroatoms. The first kappa shape index (κ1) is 16.3. The molecule has 2 aromatic rings. The van der Waals surface area contributed by atoms with Crippen LogP contribution in [0.25, 0.3) is 10.8 Å². The van der Waals surface area contributed by atoms with Crippen molar-refractivity contribution < 1.29 is 4.74 Å². The monoisotopic (exact) mass is 312 g/mol. The first-order valence-electron chi connectivity index (χ1n) is 8.88. The molecule has 3 nitrogen and oxygen atoms in total. The minimum Gasteiger partial charge on any atom is -0.490 e. The molecule has 0 bridgehead atoms. The van der Waals surface area contributed by atoms with Crippen LogP contribution in [-0.4, -0.2) is 17.1 Å². The Bertz CT molecular complexity index is 632. The van der Waals surface area contributed by atoms with Crippen LogP contribution in [-0.2, 0) is 0 Å². The van der Waals surface area contributed by atoms with Crippen LogP contribution in [0.5, 0.6) is 5.75 Å². The van der Waals surface area contributed by atoms with Gasteiger partial charge in [0.2, 0.25) is 0 Å². The molecule has 2 N–H and O–H groups in total. The smallest absolute Gasteiger partial charge is 0.120 e. The Morgan fingerprint density at radius 1 is 1.13 bits per heavy atom. The minimum atomic E-state index is 0.330. The summed E-state index contributed by atoms with van der Waals surface area (Å²) in [4.78, 5) is 4.15. The third kappa shape index (κ3) is 4.23. The summed E-state index contributed by atoms with van der Waals surface area (Å²) < 4.78 is 6.21. The van der Waals surface area contributed by atoms with Crippen LogP contribution in [0, 0.1) is 11.8 Å². The molecule has 1 fully saturated rings. The largest absolute Gasteiger partial charge is 0.490 e. The van der Waals surface area contributed by atoms with Crippen LogP contribution in [0.1, 0.15) is 46.0 Å². The fraction of sp³-hybridized carbons (Fsp3) is 0.550. The maximum atomic E-state index is 6.36. The lowest BCUT2D eigenvalue weighted by Crippen LogP contribution is -2.36. The summed E-state index contributed by atoms with van der Waals surface area (Å²) in [6, 6.07) is 8.64. The Hall–Kier alpha value is -1.61. The predicted octanol–water partition coefficient (Wildman–Crippen LogP) is 4.55. The molecule has 23 heavy (non-hydrogen) atoms. The summed E-state index contributed by atoms with van der Waals surface area (Å²) in [6.45, 7) is 4.51. The Labute approximate surface area is 139 Å². The van der Waals surface area contributed by atoms with Crippen LogP contribution in [0.3, 0.4) is 0 Å². The Morgan fingerprint density at radius 3 is 2.65 bits per heavy atom. The lowest BCUT2D eigenvalue weighted by atomic mass is 9.80. The number of hydrogen-bond donors (Lipinski definition) is 1. The van der Waals surface area contributed by atoms with Gasteiger partial charge in [-0.3, -0.25) is 4.98 Å². The number of nitrogens with zero attached hydrogens (tertiary/aromatic N) is 1. The molecular weight excluding hydrogens is 284 g/mol. The summed E-state index contributed by atoms with van der Waals surface area (Å²) in [6.07, 6.45) is 9.79. The van der Waals surface area contributed by atoms with Gasteiger partial charge in [0.25, 0.3) is 0 Å². The second-order valence-corrected chi connectivity index (χ2v) is 7.33. The van der Waals surface area contributed by atoms with Gasteiger partial charge in [0.15, 0.2) is 0 Å². The molecule has 1 atom stereocenters. The van der Waals surface area contributed by atoms with Gasteiger partial charge in [0.05, 0.1) is 6.10 Å². The third-order valence-electron chi connectivity index (χ3n) is 4.98. The van der Waals surface area contributed by atoms with Crippen molar-refractivity contribution in [1.82, 2.24) is 4.98 Å². The molecule has 0 amide bonds. The highest BCUT2D eigenvalue weighted by Gasteiger charge is 2.26. The van der Waals surface area contributed by atoms with Gasteiger partial charge in [-0.1, -0.05) is 13.8 Å². The molecule has 1 aromatic carbocycles. The van der Waals surface area contributed by atoms with Gasteiger partial charge in [-0.15, -0.1) is 0 Å². The highest BCUT2D eigenvalue weighted by Crippen LogP contribution is 2.31. The maximum Gasteiger partial charge on any atom is 0.120 e. The van der Waals surface area contributed by atoms with E-state index in [9.17, 15) is 0 Å². The average Bonchev–Trinajstić information content (AvgIpc) is 2.55. The number of pyridine rings is 1. The van der Waals surface area contributed by atoms with E-state index in [4.69, 9.17) is 10.5 Å². The van der Waals surface area contributed by atoms with Gasteiger partial charge >= 0.3 is 0 Å².